The van der Waals surface area contributed by atoms with Crippen LogP contribution < -0.4 is 0 Å². The zero-order chi connectivity index (χ0) is 11.4. The van der Waals surface area contributed by atoms with Gasteiger partial charge in [0.05, 0.1) is 0 Å². The maximum Gasteiger partial charge on any atom is 0.0406 e. The highest BCUT2D eigenvalue weighted by atomic mass is 35.5. The highest BCUT2D eigenvalue weighted by Crippen LogP contribution is 2.20. The van der Waals surface area contributed by atoms with Crippen molar-refractivity contribution in [1.29, 1.82) is 0 Å². The molecule has 0 N–H and O–H groups in total. The smallest absolute Gasteiger partial charge is 0.0406 e. The van der Waals surface area contributed by atoms with Crippen molar-refractivity contribution in [3.05, 3.63) is 64.7 Å². The second kappa shape index (κ2) is 4.99. The van der Waals surface area contributed by atoms with E-state index >= 15 is 0 Å². The zero-order valence-corrected chi connectivity index (χ0v) is 9.93. The van der Waals surface area contributed by atoms with E-state index in [4.69, 9.17) is 11.6 Å². The average Bonchev–Trinajstić information content (AvgIpc) is 2.15. The van der Waals surface area contributed by atoms with E-state index in [1.54, 1.807) is 0 Å². The molecule has 15 heavy (non-hydrogen) atoms. The summed E-state index contributed by atoms with van der Waals surface area (Å²) in [4.78, 5) is 0. The highest BCUT2D eigenvalue weighted by molar-refractivity contribution is 6.30. The first kappa shape index (κ1) is 11.8. The van der Waals surface area contributed by atoms with E-state index in [2.05, 4.69) is 19.2 Å². The van der Waals surface area contributed by atoms with E-state index in [1.807, 2.05) is 38.1 Å². The summed E-state index contributed by atoms with van der Waals surface area (Å²) < 4.78 is 0. The van der Waals surface area contributed by atoms with Gasteiger partial charge in [-0.1, -0.05) is 48.0 Å². The van der Waals surface area contributed by atoms with Gasteiger partial charge < -0.3 is 0 Å². The molecule has 0 fully saturated rings. The molecule has 0 spiro atoms. The fourth-order valence-corrected chi connectivity index (χ4v) is 1.46. The lowest BCUT2D eigenvalue weighted by molar-refractivity contribution is 1.36. The quantitative estimate of drug-likeness (QED) is 0.635. The van der Waals surface area contributed by atoms with E-state index in [9.17, 15) is 0 Å². The van der Waals surface area contributed by atoms with Crippen molar-refractivity contribution >= 4 is 17.7 Å². The molecule has 0 saturated heterocycles. The predicted molar refractivity (Wildman–Crippen MR) is 69.1 cm³/mol. The standard InChI is InChI=1S/C14H15Cl/c1-10(2)14(11(3)4)9-12-5-7-13(15)8-6-12/h5-9H,1,3H2,2,4H3. The Hall–Kier alpha value is -1.27. The molecular formula is C14H15Cl. The van der Waals surface area contributed by atoms with Crippen molar-refractivity contribution < 1.29 is 0 Å². The lowest BCUT2D eigenvalue weighted by atomic mass is 10.00. The van der Waals surface area contributed by atoms with Gasteiger partial charge in [-0.15, -0.1) is 0 Å². The molecule has 1 aromatic carbocycles. The Bertz CT molecular complexity index is 391. The van der Waals surface area contributed by atoms with Gasteiger partial charge in [-0.05, 0) is 43.2 Å². The summed E-state index contributed by atoms with van der Waals surface area (Å²) in [7, 11) is 0. The van der Waals surface area contributed by atoms with Gasteiger partial charge in [-0.2, -0.15) is 0 Å². The van der Waals surface area contributed by atoms with Crippen molar-refractivity contribution in [2.75, 3.05) is 0 Å². The SMILES string of the molecule is C=C(C)C(=Cc1ccc(Cl)cc1)C(=C)C. The molecule has 0 bridgehead atoms. The molecule has 0 aliphatic rings. The summed E-state index contributed by atoms with van der Waals surface area (Å²) in [5.74, 6) is 0. The van der Waals surface area contributed by atoms with Crippen LogP contribution in [0.2, 0.25) is 5.02 Å². The Labute approximate surface area is 96.6 Å². The molecule has 0 amide bonds. The van der Waals surface area contributed by atoms with Crippen LogP contribution in [0.15, 0.2) is 54.1 Å². The van der Waals surface area contributed by atoms with Crippen molar-refractivity contribution in [3.63, 3.8) is 0 Å². The number of halogens is 1. The number of hydrogen-bond acceptors (Lipinski definition) is 0. The monoisotopic (exact) mass is 218 g/mol. The van der Waals surface area contributed by atoms with E-state index in [-0.39, 0.29) is 0 Å². The molecule has 0 atom stereocenters. The van der Waals surface area contributed by atoms with Crippen molar-refractivity contribution in [3.8, 4) is 0 Å². The molecule has 0 unspecified atom stereocenters. The van der Waals surface area contributed by atoms with Crippen molar-refractivity contribution in [2.45, 2.75) is 13.8 Å². The predicted octanol–water partition coefficient (Wildman–Crippen LogP) is 4.88. The van der Waals surface area contributed by atoms with E-state index in [1.165, 1.54) is 0 Å². The van der Waals surface area contributed by atoms with Crippen molar-refractivity contribution in [2.24, 2.45) is 0 Å². The van der Waals surface area contributed by atoms with Gasteiger partial charge in [-0.3, -0.25) is 0 Å². The first-order chi connectivity index (χ1) is 7.00. The normalized spacial score (nSPS) is 9.53. The van der Waals surface area contributed by atoms with Gasteiger partial charge in [0.2, 0.25) is 0 Å². The fourth-order valence-electron chi connectivity index (χ4n) is 1.34. The van der Waals surface area contributed by atoms with Crippen LogP contribution in [0.1, 0.15) is 19.4 Å². The van der Waals surface area contributed by atoms with Crippen LogP contribution in [0.3, 0.4) is 0 Å². The van der Waals surface area contributed by atoms with Gasteiger partial charge in [-0.25, -0.2) is 0 Å². The number of rotatable bonds is 3. The summed E-state index contributed by atoms with van der Waals surface area (Å²) in [6.07, 6.45) is 2.07. The molecule has 0 saturated carbocycles. The van der Waals surface area contributed by atoms with Gasteiger partial charge in [0.25, 0.3) is 0 Å². The van der Waals surface area contributed by atoms with Crippen LogP contribution in [-0.2, 0) is 0 Å². The summed E-state index contributed by atoms with van der Waals surface area (Å²) >= 11 is 5.82. The first-order valence-corrected chi connectivity index (χ1v) is 5.17. The molecule has 0 aliphatic carbocycles. The Morgan fingerprint density at radius 2 is 1.53 bits per heavy atom. The minimum atomic E-state index is 0.749. The largest absolute Gasteiger partial charge is 0.0955 e. The van der Waals surface area contributed by atoms with E-state index in [0.29, 0.717) is 0 Å². The van der Waals surface area contributed by atoms with Crippen LogP contribution >= 0.6 is 11.6 Å². The van der Waals surface area contributed by atoms with Crippen LogP contribution in [-0.4, -0.2) is 0 Å². The Balaban J connectivity index is 3.08. The Morgan fingerprint density at radius 3 is 1.93 bits per heavy atom. The third kappa shape index (κ3) is 3.41. The van der Waals surface area contributed by atoms with Crippen LogP contribution in [0.25, 0.3) is 6.08 Å². The molecule has 1 heteroatoms. The van der Waals surface area contributed by atoms with Crippen molar-refractivity contribution in [1.82, 2.24) is 0 Å². The zero-order valence-electron chi connectivity index (χ0n) is 9.18. The Kier molecular flexibility index (Phi) is 3.93. The summed E-state index contributed by atoms with van der Waals surface area (Å²) in [6, 6.07) is 7.71. The highest BCUT2D eigenvalue weighted by Gasteiger charge is 1.99. The van der Waals surface area contributed by atoms with Crippen LogP contribution in [0.4, 0.5) is 0 Å². The molecule has 0 heterocycles. The molecule has 1 aromatic rings. The number of allylic oxidation sites excluding steroid dienone is 3. The van der Waals surface area contributed by atoms with Gasteiger partial charge >= 0.3 is 0 Å². The molecular weight excluding hydrogens is 204 g/mol. The third-order valence-electron chi connectivity index (χ3n) is 2.10. The summed E-state index contributed by atoms with van der Waals surface area (Å²) in [5.41, 5.74) is 4.26. The average molecular weight is 219 g/mol. The maximum atomic E-state index is 5.82. The Morgan fingerprint density at radius 1 is 1.07 bits per heavy atom. The van der Waals surface area contributed by atoms with Crippen LogP contribution in [0.5, 0.6) is 0 Å². The second-order valence-corrected chi connectivity index (χ2v) is 4.11. The minimum absolute atomic E-state index is 0.749. The first-order valence-electron chi connectivity index (χ1n) is 4.79. The van der Waals surface area contributed by atoms with Gasteiger partial charge in [0, 0.05) is 5.02 Å². The van der Waals surface area contributed by atoms with E-state index in [0.717, 1.165) is 27.3 Å². The molecule has 0 aliphatic heterocycles. The molecule has 0 nitrogen and oxygen atoms in total. The number of benzene rings is 1. The minimum Gasteiger partial charge on any atom is -0.0955 e. The van der Waals surface area contributed by atoms with Gasteiger partial charge in [0.15, 0.2) is 0 Å². The lowest BCUT2D eigenvalue weighted by Gasteiger charge is -2.06. The van der Waals surface area contributed by atoms with E-state index < -0.39 is 0 Å². The summed E-state index contributed by atoms with van der Waals surface area (Å²) in [5, 5.41) is 0.749. The number of hydrogen-bond donors (Lipinski definition) is 0. The molecule has 78 valence electrons. The topological polar surface area (TPSA) is 0 Å². The second-order valence-electron chi connectivity index (χ2n) is 3.67. The summed E-state index contributed by atoms with van der Waals surface area (Å²) in [6.45, 7) is 11.8. The fraction of sp³-hybridized carbons (Fsp3) is 0.143. The molecule has 0 radical (unpaired) electrons. The molecule has 0 aromatic heterocycles. The van der Waals surface area contributed by atoms with Crippen LogP contribution in [0, 0.1) is 0 Å². The lowest BCUT2D eigenvalue weighted by Crippen LogP contribution is -1.85. The third-order valence-corrected chi connectivity index (χ3v) is 2.35. The van der Waals surface area contributed by atoms with Gasteiger partial charge in [0.1, 0.15) is 0 Å². The maximum absolute atomic E-state index is 5.82. The molecule has 1 rings (SSSR count).